The Labute approximate surface area is 122 Å². The van der Waals surface area contributed by atoms with Crippen LogP contribution in [0.5, 0.6) is 0 Å². The third-order valence-electron chi connectivity index (χ3n) is 3.40. The molecule has 0 bridgehead atoms. The van der Waals surface area contributed by atoms with Gasteiger partial charge in [0.1, 0.15) is 0 Å². The van der Waals surface area contributed by atoms with Crippen molar-refractivity contribution in [2.75, 3.05) is 0 Å². The summed E-state index contributed by atoms with van der Waals surface area (Å²) in [7, 11) is 0. The Bertz CT molecular complexity index is 686. The van der Waals surface area contributed by atoms with Crippen molar-refractivity contribution in [3.8, 4) is 0 Å². The molecule has 0 amide bonds. The smallest absolute Gasteiger partial charge is 0.348 e. The van der Waals surface area contributed by atoms with Crippen LogP contribution >= 0.6 is 0 Å². The monoisotopic (exact) mass is 290 g/mol. The van der Waals surface area contributed by atoms with E-state index in [1.165, 1.54) is 10.8 Å². The number of carboxylic acids is 1. The fourth-order valence-corrected chi connectivity index (χ4v) is 2.47. The number of aryl methyl sites for hydroxylation is 1. The molecule has 0 fully saturated rings. The van der Waals surface area contributed by atoms with Crippen molar-refractivity contribution in [3.05, 3.63) is 51.6 Å². The lowest BCUT2D eigenvalue weighted by Crippen LogP contribution is -2.30. The largest absolute Gasteiger partial charge is 0.481 e. The van der Waals surface area contributed by atoms with Crippen LogP contribution < -0.4 is 5.69 Å². The summed E-state index contributed by atoms with van der Waals surface area (Å²) >= 11 is 0. The maximum atomic E-state index is 12.2. The van der Waals surface area contributed by atoms with Crippen molar-refractivity contribution in [3.63, 3.8) is 0 Å². The predicted molar refractivity (Wildman–Crippen MR) is 76.4 cm³/mol. The molecular formula is C15H18N2O4. The van der Waals surface area contributed by atoms with E-state index in [0.717, 1.165) is 11.3 Å². The standard InChI is InChI=1S/C15H18N2O4/c1-3-12-11(7-14(18)19)13(4-2)17(15(20)16-12)8-10-5-6-21-9-10/h5-6,9H,3-4,7-8H2,1-2H3,(H,18,19). The van der Waals surface area contributed by atoms with E-state index >= 15 is 0 Å². The van der Waals surface area contributed by atoms with Crippen LogP contribution in [0, 0.1) is 0 Å². The molecule has 6 heteroatoms. The SMILES string of the molecule is CCc1nc(=O)n(Cc2ccoc2)c(CC)c1CC(=O)O. The van der Waals surface area contributed by atoms with E-state index in [1.54, 1.807) is 12.3 Å². The molecule has 1 N–H and O–H groups in total. The van der Waals surface area contributed by atoms with Crippen molar-refractivity contribution in [1.82, 2.24) is 9.55 Å². The van der Waals surface area contributed by atoms with E-state index in [4.69, 9.17) is 9.52 Å². The van der Waals surface area contributed by atoms with Crippen LogP contribution in [0.4, 0.5) is 0 Å². The molecule has 0 saturated heterocycles. The molecule has 2 rings (SSSR count). The van der Waals surface area contributed by atoms with Gasteiger partial charge in [0.25, 0.3) is 0 Å². The van der Waals surface area contributed by atoms with Crippen molar-refractivity contribution >= 4 is 5.97 Å². The maximum Gasteiger partial charge on any atom is 0.348 e. The van der Waals surface area contributed by atoms with Gasteiger partial charge in [0.2, 0.25) is 0 Å². The second-order valence-electron chi connectivity index (χ2n) is 4.76. The number of hydrogen-bond donors (Lipinski definition) is 1. The molecule has 112 valence electrons. The summed E-state index contributed by atoms with van der Waals surface area (Å²) < 4.78 is 6.54. The second kappa shape index (κ2) is 6.39. The van der Waals surface area contributed by atoms with Gasteiger partial charge in [-0.2, -0.15) is 4.98 Å². The van der Waals surface area contributed by atoms with Crippen LogP contribution in [-0.4, -0.2) is 20.6 Å². The Morgan fingerprint density at radius 1 is 1.38 bits per heavy atom. The van der Waals surface area contributed by atoms with Crippen LogP contribution in [0.2, 0.25) is 0 Å². The van der Waals surface area contributed by atoms with Crippen LogP contribution in [0.3, 0.4) is 0 Å². The van der Waals surface area contributed by atoms with Gasteiger partial charge < -0.3 is 9.52 Å². The Hall–Kier alpha value is -2.37. The summed E-state index contributed by atoms with van der Waals surface area (Å²) in [6.45, 7) is 4.11. The number of aromatic nitrogens is 2. The lowest BCUT2D eigenvalue weighted by Gasteiger charge is -2.16. The topological polar surface area (TPSA) is 85.3 Å². The molecule has 0 radical (unpaired) electrons. The van der Waals surface area contributed by atoms with E-state index in [9.17, 15) is 9.59 Å². The van der Waals surface area contributed by atoms with Crippen molar-refractivity contribution in [2.24, 2.45) is 0 Å². The van der Waals surface area contributed by atoms with E-state index in [1.807, 2.05) is 13.8 Å². The summed E-state index contributed by atoms with van der Waals surface area (Å²) in [5.41, 5.74) is 2.45. The van der Waals surface area contributed by atoms with E-state index in [-0.39, 0.29) is 12.1 Å². The first-order chi connectivity index (χ1) is 10.1. The molecule has 0 saturated carbocycles. The molecule has 21 heavy (non-hydrogen) atoms. The van der Waals surface area contributed by atoms with E-state index in [0.29, 0.717) is 30.6 Å². The fourth-order valence-electron chi connectivity index (χ4n) is 2.47. The summed E-state index contributed by atoms with van der Waals surface area (Å²) in [6.07, 6.45) is 4.10. The van der Waals surface area contributed by atoms with Gasteiger partial charge in [0.15, 0.2) is 0 Å². The molecule has 2 aromatic rings. The highest BCUT2D eigenvalue weighted by Crippen LogP contribution is 2.15. The average Bonchev–Trinajstić information content (AvgIpc) is 2.94. The lowest BCUT2D eigenvalue weighted by molar-refractivity contribution is -0.136. The first-order valence-electron chi connectivity index (χ1n) is 6.91. The molecule has 0 aliphatic heterocycles. The molecule has 0 spiro atoms. The number of rotatable bonds is 6. The first-order valence-corrected chi connectivity index (χ1v) is 6.91. The maximum absolute atomic E-state index is 12.2. The number of carboxylic acid groups (broad SMARTS) is 1. The van der Waals surface area contributed by atoms with Gasteiger partial charge in [0.05, 0.1) is 31.2 Å². The summed E-state index contributed by atoms with van der Waals surface area (Å²) in [6, 6.07) is 1.77. The molecule has 0 aliphatic carbocycles. The van der Waals surface area contributed by atoms with Crippen molar-refractivity contribution in [1.29, 1.82) is 0 Å². The molecule has 2 aromatic heterocycles. The van der Waals surface area contributed by atoms with Crippen LogP contribution in [0.15, 0.2) is 27.8 Å². The molecule has 0 unspecified atom stereocenters. The molecule has 0 aliphatic rings. The quantitative estimate of drug-likeness (QED) is 0.874. The number of nitrogens with zero attached hydrogens (tertiary/aromatic N) is 2. The van der Waals surface area contributed by atoms with Crippen LogP contribution in [-0.2, 0) is 30.6 Å². The minimum Gasteiger partial charge on any atom is -0.481 e. The Balaban J connectivity index is 2.58. The van der Waals surface area contributed by atoms with E-state index < -0.39 is 5.97 Å². The highest BCUT2D eigenvalue weighted by Gasteiger charge is 2.17. The third kappa shape index (κ3) is 3.21. The van der Waals surface area contributed by atoms with Gasteiger partial charge in [0, 0.05) is 16.8 Å². The van der Waals surface area contributed by atoms with Crippen molar-refractivity contribution < 1.29 is 14.3 Å². The Morgan fingerprint density at radius 2 is 2.14 bits per heavy atom. The summed E-state index contributed by atoms with van der Waals surface area (Å²) in [4.78, 5) is 27.4. The van der Waals surface area contributed by atoms with Gasteiger partial charge in [-0.1, -0.05) is 13.8 Å². The van der Waals surface area contributed by atoms with Crippen molar-refractivity contribution in [2.45, 2.75) is 39.7 Å². The fraction of sp³-hybridized carbons (Fsp3) is 0.400. The predicted octanol–water partition coefficient (Wildman–Crippen LogP) is 1.64. The highest BCUT2D eigenvalue weighted by atomic mass is 16.4. The second-order valence-corrected chi connectivity index (χ2v) is 4.76. The number of carbonyl (C=O) groups is 1. The van der Waals surface area contributed by atoms with Gasteiger partial charge in [-0.15, -0.1) is 0 Å². The highest BCUT2D eigenvalue weighted by molar-refractivity contribution is 5.71. The van der Waals surface area contributed by atoms with Crippen LogP contribution in [0.1, 0.15) is 36.4 Å². The lowest BCUT2D eigenvalue weighted by atomic mass is 10.0. The van der Waals surface area contributed by atoms with Gasteiger partial charge in [-0.05, 0) is 18.9 Å². The van der Waals surface area contributed by atoms with Crippen LogP contribution in [0.25, 0.3) is 0 Å². The zero-order valence-electron chi connectivity index (χ0n) is 12.1. The molecule has 0 atom stereocenters. The number of hydrogen-bond acceptors (Lipinski definition) is 4. The Kier molecular flexibility index (Phi) is 4.57. The van der Waals surface area contributed by atoms with E-state index in [2.05, 4.69) is 4.98 Å². The molecule has 2 heterocycles. The first kappa shape index (κ1) is 15.0. The normalized spacial score (nSPS) is 10.8. The third-order valence-corrected chi connectivity index (χ3v) is 3.40. The minimum atomic E-state index is -0.922. The summed E-state index contributed by atoms with van der Waals surface area (Å²) in [5, 5.41) is 9.09. The molecular weight excluding hydrogens is 272 g/mol. The summed E-state index contributed by atoms with van der Waals surface area (Å²) in [5.74, 6) is -0.922. The zero-order valence-corrected chi connectivity index (χ0v) is 12.1. The van der Waals surface area contributed by atoms with Gasteiger partial charge >= 0.3 is 11.7 Å². The van der Waals surface area contributed by atoms with Gasteiger partial charge in [-0.3, -0.25) is 9.36 Å². The Morgan fingerprint density at radius 3 is 2.67 bits per heavy atom. The number of aliphatic carboxylic acids is 1. The molecule has 6 nitrogen and oxygen atoms in total. The number of furan rings is 1. The molecule has 0 aromatic carbocycles. The van der Waals surface area contributed by atoms with Gasteiger partial charge in [-0.25, -0.2) is 4.79 Å². The minimum absolute atomic E-state index is 0.120. The average molecular weight is 290 g/mol. The zero-order chi connectivity index (χ0) is 15.4.